The monoisotopic (exact) mass is 188 g/mol. The topological polar surface area (TPSA) is 18.5 Å². The fraction of sp³-hybridized carbons (Fsp3) is 1.00. The molecule has 0 radical (unpaired) electrons. The van der Waals surface area contributed by atoms with Gasteiger partial charge in [-0.15, -0.1) is 0 Å². The van der Waals surface area contributed by atoms with E-state index in [0.717, 1.165) is 6.42 Å². The van der Waals surface area contributed by atoms with E-state index >= 15 is 0 Å². The van der Waals surface area contributed by atoms with Crippen LogP contribution in [-0.4, -0.2) is 12.7 Å². The first kappa shape index (κ1) is 12.9. The predicted molar refractivity (Wildman–Crippen MR) is 55.5 cm³/mol. The van der Waals surface area contributed by atoms with Gasteiger partial charge in [-0.2, -0.15) is 0 Å². The van der Waals surface area contributed by atoms with Gasteiger partial charge in [-0.25, -0.2) is 9.78 Å². The Bertz CT molecular complexity index is 111. The van der Waals surface area contributed by atoms with Gasteiger partial charge in [0, 0.05) is 0 Å². The Morgan fingerprint density at radius 3 is 2.15 bits per heavy atom. The molecular formula is C11H24O2. The Morgan fingerprint density at radius 1 is 1.00 bits per heavy atom. The molecule has 0 saturated heterocycles. The molecule has 0 spiro atoms. The van der Waals surface area contributed by atoms with Gasteiger partial charge >= 0.3 is 0 Å². The molecule has 0 aliphatic heterocycles. The Hall–Kier alpha value is -0.0800. The highest BCUT2D eigenvalue weighted by atomic mass is 17.2. The summed E-state index contributed by atoms with van der Waals surface area (Å²) in [5.41, 5.74) is -0.124. The van der Waals surface area contributed by atoms with Gasteiger partial charge in [-0.05, 0) is 20.3 Å². The molecule has 13 heavy (non-hydrogen) atoms. The molecule has 2 nitrogen and oxygen atoms in total. The first-order valence-corrected chi connectivity index (χ1v) is 5.34. The van der Waals surface area contributed by atoms with E-state index in [4.69, 9.17) is 4.89 Å². The van der Waals surface area contributed by atoms with E-state index in [0.29, 0.717) is 0 Å². The third-order valence-corrected chi connectivity index (χ3v) is 2.19. The van der Waals surface area contributed by atoms with Gasteiger partial charge in [0.25, 0.3) is 0 Å². The second kappa shape index (κ2) is 7.34. The SMILES string of the molecule is CCCCCCCC(C)(C)OOC. The van der Waals surface area contributed by atoms with E-state index in [1.165, 1.54) is 32.1 Å². The van der Waals surface area contributed by atoms with Gasteiger partial charge in [0.15, 0.2) is 0 Å². The number of hydrogen-bond donors (Lipinski definition) is 0. The summed E-state index contributed by atoms with van der Waals surface area (Å²) in [5.74, 6) is 0. The molecule has 0 atom stereocenters. The smallest absolute Gasteiger partial charge is 0.0979 e. The van der Waals surface area contributed by atoms with Gasteiger partial charge in [0.05, 0.1) is 12.7 Å². The van der Waals surface area contributed by atoms with E-state index in [1.54, 1.807) is 7.11 Å². The molecule has 0 fully saturated rings. The average Bonchev–Trinajstić information content (AvgIpc) is 2.04. The molecule has 0 aliphatic rings. The number of rotatable bonds is 8. The molecule has 0 aromatic rings. The van der Waals surface area contributed by atoms with E-state index in [1.807, 2.05) is 0 Å². The van der Waals surface area contributed by atoms with Crippen molar-refractivity contribution in [1.29, 1.82) is 0 Å². The minimum atomic E-state index is -0.124. The van der Waals surface area contributed by atoms with E-state index in [-0.39, 0.29) is 5.60 Å². The van der Waals surface area contributed by atoms with Crippen LogP contribution in [0.4, 0.5) is 0 Å². The van der Waals surface area contributed by atoms with Crippen LogP contribution < -0.4 is 0 Å². The summed E-state index contributed by atoms with van der Waals surface area (Å²) < 4.78 is 0. The molecule has 0 bridgehead atoms. The summed E-state index contributed by atoms with van der Waals surface area (Å²) in [5, 5.41) is 0. The lowest BCUT2D eigenvalue weighted by Gasteiger charge is -2.22. The zero-order chi connectivity index (χ0) is 10.2. The van der Waals surface area contributed by atoms with Crippen LogP contribution in [-0.2, 0) is 9.78 Å². The summed E-state index contributed by atoms with van der Waals surface area (Å²) >= 11 is 0. The normalized spacial score (nSPS) is 12.0. The Kier molecular flexibility index (Phi) is 7.29. The van der Waals surface area contributed by atoms with Crippen LogP contribution in [0.25, 0.3) is 0 Å². The first-order valence-electron chi connectivity index (χ1n) is 5.34. The van der Waals surface area contributed by atoms with E-state index in [9.17, 15) is 0 Å². The van der Waals surface area contributed by atoms with E-state index < -0.39 is 0 Å². The second-order valence-electron chi connectivity index (χ2n) is 4.17. The van der Waals surface area contributed by atoms with Crippen LogP contribution in [0.1, 0.15) is 59.3 Å². The van der Waals surface area contributed by atoms with Crippen molar-refractivity contribution >= 4 is 0 Å². The highest BCUT2D eigenvalue weighted by molar-refractivity contribution is 4.66. The third-order valence-electron chi connectivity index (χ3n) is 2.19. The molecule has 0 amide bonds. The molecule has 0 aromatic heterocycles. The van der Waals surface area contributed by atoms with Crippen LogP contribution in [0.15, 0.2) is 0 Å². The molecule has 0 rings (SSSR count). The number of hydrogen-bond acceptors (Lipinski definition) is 2. The largest absolute Gasteiger partial charge is 0.240 e. The molecule has 0 saturated carbocycles. The molecule has 0 unspecified atom stereocenters. The maximum atomic E-state index is 5.14. The lowest BCUT2D eigenvalue weighted by Crippen LogP contribution is -2.23. The highest BCUT2D eigenvalue weighted by Gasteiger charge is 2.18. The summed E-state index contributed by atoms with van der Waals surface area (Å²) in [6.07, 6.45) is 7.62. The fourth-order valence-electron chi connectivity index (χ4n) is 1.42. The van der Waals surface area contributed by atoms with Crippen molar-refractivity contribution in [2.24, 2.45) is 0 Å². The predicted octanol–water partition coefficient (Wildman–Crippen LogP) is 3.70. The van der Waals surface area contributed by atoms with Gasteiger partial charge in [-0.3, -0.25) is 0 Å². The Labute approximate surface area is 82.5 Å². The maximum Gasteiger partial charge on any atom is 0.0979 e. The van der Waals surface area contributed by atoms with Gasteiger partial charge in [0.1, 0.15) is 0 Å². The van der Waals surface area contributed by atoms with Crippen LogP contribution in [0, 0.1) is 0 Å². The molecule has 0 heterocycles. The fourth-order valence-corrected chi connectivity index (χ4v) is 1.42. The van der Waals surface area contributed by atoms with Crippen molar-refractivity contribution in [2.75, 3.05) is 7.11 Å². The first-order chi connectivity index (χ1) is 6.12. The van der Waals surface area contributed by atoms with Crippen molar-refractivity contribution < 1.29 is 9.78 Å². The minimum absolute atomic E-state index is 0.124. The summed E-state index contributed by atoms with van der Waals surface area (Å²) in [4.78, 5) is 9.82. The molecule has 0 N–H and O–H groups in total. The zero-order valence-electron chi connectivity index (χ0n) is 9.56. The molecule has 0 aliphatic carbocycles. The number of unbranched alkanes of at least 4 members (excludes halogenated alkanes) is 4. The molecule has 80 valence electrons. The maximum absolute atomic E-state index is 5.14. The Morgan fingerprint density at radius 2 is 1.62 bits per heavy atom. The van der Waals surface area contributed by atoms with Gasteiger partial charge < -0.3 is 0 Å². The van der Waals surface area contributed by atoms with E-state index in [2.05, 4.69) is 25.7 Å². The van der Waals surface area contributed by atoms with Crippen LogP contribution in [0.5, 0.6) is 0 Å². The average molecular weight is 188 g/mol. The Balaban J connectivity index is 3.29. The summed E-state index contributed by atoms with van der Waals surface area (Å²) in [6, 6.07) is 0. The van der Waals surface area contributed by atoms with Crippen molar-refractivity contribution in [3.8, 4) is 0 Å². The van der Waals surface area contributed by atoms with Crippen LogP contribution >= 0.6 is 0 Å². The second-order valence-corrected chi connectivity index (χ2v) is 4.17. The van der Waals surface area contributed by atoms with Crippen molar-refractivity contribution in [1.82, 2.24) is 0 Å². The lowest BCUT2D eigenvalue weighted by atomic mass is 10.00. The standard InChI is InChI=1S/C11H24O2/c1-5-6-7-8-9-10-11(2,3)13-12-4/h5-10H2,1-4H3. The van der Waals surface area contributed by atoms with Crippen LogP contribution in [0.2, 0.25) is 0 Å². The summed E-state index contributed by atoms with van der Waals surface area (Å²) in [6.45, 7) is 6.37. The van der Waals surface area contributed by atoms with Crippen molar-refractivity contribution in [3.05, 3.63) is 0 Å². The molecular weight excluding hydrogens is 164 g/mol. The van der Waals surface area contributed by atoms with Crippen LogP contribution in [0.3, 0.4) is 0 Å². The summed E-state index contributed by atoms with van der Waals surface area (Å²) in [7, 11) is 1.57. The van der Waals surface area contributed by atoms with Gasteiger partial charge in [-0.1, -0.05) is 39.0 Å². The highest BCUT2D eigenvalue weighted by Crippen LogP contribution is 2.18. The molecule has 2 heteroatoms. The molecule has 0 aromatic carbocycles. The lowest BCUT2D eigenvalue weighted by molar-refractivity contribution is -0.337. The minimum Gasteiger partial charge on any atom is -0.240 e. The zero-order valence-corrected chi connectivity index (χ0v) is 9.56. The van der Waals surface area contributed by atoms with Crippen molar-refractivity contribution in [3.63, 3.8) is 0 Å². The quantitative estimate of drug-likeness (QED) is 0.328. The van der Waals surface area contributed by atoms with Crippen molar-refractivity contribution in [2.45, 2.75) is 64.9 Å². The third kappa shape index (κ3) is 8.26. The van der Waals surface area contributed by atoms with Gasteiger partial charge in [0.2, 0.25) is 0 Å².